The van der Waals surface area contributed by atoms with Crippen LogP contribution in [0.4, 0.5) is 13.2 Å². The fourth-order valence-electron chi connectivity index (χ4n) is 4.59. The van der Waals surface area contributed by atoms with Gasteiger partial charge in [0.1, 0.15) is 5.82 Å². The topological polar surface area (TPSA) is 36.4 Å². The maximum Gasteiger partial charge on any atom is 0.267 e. The summed E-state index contributed by atoms with van der Waals surface area (Å²) in [7, 11) is 3.14. The standard InChI is InChI=1S/C26H31BrF3N3O/c1-15(12-20-17(3)31-9-7-22(20)27)18(4)33-10-8-21(26(29,30)14-33)24-16(2)11-19(13-23(24)28)25(34)32(5)6/h7,9,11-13,18,21H,8,10,14H2,1-6H3/b15-12+. The molecule has 0 aliphatic carbocycles. The molecule has 2 atom stereocenters. The minimum Gasteiger partial charge on any atom is -0.345 e. The Labute approximate surface area is 208 Å². The van der Waals surface area contributed by atoms with E-state index in [1.807, 2.05) is 32.9 Å². The first kappa shape index (κ1) is 26.4. The third kappa shape index (κ3) is 5.38. The van der Waals surface area contributed by atoms with Gasteiger partial charge in [0.25, 0.3) is 11.8 Å². The number of alkyl halides is 2. The second-order valence-corrected chi connectivity index (χ2v) is 10.2. The van der Waals surface area contributed by atoms with Gasteiger partial charge in [-0.15, -0.1) is 0 Å². The number of carbonyl (C=O) groups excluding carboxylic acids is 1. The first-order chi connectivity index (χ1) is 15.8. The summed E-state index contributed by atoms with van der Waals surface area (Å²) in [5, 5.41) is 0. The van der Waals surface area contributed by atoms with Crippen molar-refractivity contribution < 1.29 is 18.0 Å². The molecule has 2 unspecified atom stereocenters. The number of piperidine rings is 1. The molecule has 2 aromatic rings. The van der Waals surface area contributed by atoms with E-state index in [-0.39, 0.29) is 29.5 Å². The lowest BCUT2D eigenvalue weighted by Crippen LogP contribution is -2.51. The predicted octanol–water partition coefficient (Wildman–Crippen LogP) is 6.22. The van der Waals surface area contributed by atoms with Gasteiger partial charge in [0.05, 0.1) is 12.5 Å². The lowest BCUT2D eigenvalue weighted by Gasteiger charge is -2.42. The molecular formula is C26H31BrF3N3O. The molecule has 1 aliphatic heterocycles. The highest BCUT2D eigenvalue weighted by molar-refractivity contribution is 9.10. The van der Waals surface area contributed by atoms with Crippen LogP contribution in [-0.2, 0) is 0 Å². The molecule has 0 radical (unpaired) electrons. The van der Waals surface area contributed by atoms with E-state index in [0.29, 0.717) is 12.1 Å². The number of aromatic nitrogens is 1. The van der Waals surface area contributed by atoms with E-state index in [0.717, 1.165) is 27.4 Å². The fourth-order valence-corrected chi connectivity index (χ4v) is 5.11. The van der Waals surface area contributed by atoms with Gasteiger partial charge in [0, 0.05) is 47.6 Å². The second kappa shape index (κ2) is 10.2. The summed E-state index contributed by atoms with van der Waals surface area (Å²) in [4.78, 5) is 19.6. The summed E-state index contributed by atoms with van der Waals surface area (Å²) >= 11 is 3.53. The smallest absolute Gasteiger partial charge is 0.267 e. The maximum atomic E-state index is 15.4. The molecular weight excluding hydrogens is 507 g/mol. The van der Waals surface area contributed by atoms with Crippen molar-refractivity contribution in [2.45, 2.75) is 52.0 Å². The van der Waals surface area contributed by atoms with Gasteiger partial charge < -0.3 is 4.90 Å². The molecule has 3 rings (SSSR count). The van der Waals surface area contributed by atoms with Crippen LogP contribution < -0.4 is 0 Å². The Morgan fingerprint density at radius 1 is 1.32 bits per heavy atom. The van der Waals surface area contributed by atoms with Crippen molar-refractivity contribution in [3.8, 4) is 0 Å². The zero-order valence-electron chi connectivity index (χ0n) is 20.4. The summed E-state index contributed by atoms with van der Waals surface area (Å²) in [6, 6.07) is 4.22. The average Bonchev–Trinajstić information content (AvgIpc) is 2.75. The van der Waals surface area contributed by atoms with Crippen molar-refractivity contribution in [3.05, 3.63) is 68.2 Å². The maximum absolute atomic E-state index is 15.4. The van der Waals surface area contributed by atoms with Gasteiger partial charge in [-0.3, -0.25) is 14.7 Å². The van der Waals surface area contributed by atoms with Gasteiger partial charge in [-0.25, -0.2) is 13.2 Å². The van der Waals surface area contributed by atoms with E-state index in [4.69, 9.17) is 0 Å². The molecule has 0 bridgehead atoms. The zero-order chi connectivity index (χ0) is 25.4. The van der Waals surface area contributed by atoms with E-state index in [2.05, 4.69) is 20.9 Å². The number of nitrogens with zero attached hydrogens (tertiary/aromatic N) is 3. The van der Waals surface area contributed by atoms with Gasteiger partial charge in [-0.05, 0) is 70.0 Å². The van der Waals surface area contributed by atoms with E-state index in [1.165, 1.54) is 11.0 Å². The number of hydrogen-bond donors (Lipinski definition) is 0. The Balaban J connectivity index is 1.83. The van der Waals surface area contributed by atoms with Crippen molar-refractivity contribution in [1.82, 2.24) is 14.8 Å². The zero-order valence-corrected chi connectivity index (χ0v) is 22.0. The first-order valence-electron chi connectivity index (χ1n) is 11.3. The Morgan fingerprint density at radius 2 is 2.00 bits per heavy atom. The lowest BCUT2D eigenvalue weighted by molar-refractivity contribution is -0.0890. The van der Waals surface area contributed by atoms with Gasteiger partial charge >= 0.3 is 0 Å². The van der Waals surface area contributed by atoms with Crippen LogP contribution in [0.3, 0.4) is 0 Å². The van der Waals surface area contributed by atoms with Crippen LogP contribution in [-0.4, -0.2) is 59.8 Å². The molecule has 0 saturated carbocycles. The Hall–Kier alpha value is -2.19. The number of amides is 1. The van der Waals surface area contributed by atoms with E-state index < -0.39 is 24.2 Å². The predicted molar refractivity (Wildman–Crippen MR) is 133 cm³/mol. The van der Waals surface area contributed by atoms with Crippen molar-refractivity contribution in [1.29, 1.82) is 0 Å². The summed E-state index contributed by atoms with van der Waals surface area (Å²) in [5.74, 6) is -5.46. The highest BCUT2D eigenvalue weighted by atomic mass is 79.9. The number of halogens is 4. The molecule has 1 aromatic carbocycles. The number of hydrogen-bond acceptors (Lipinski definition) is 3. The number of aryl methyl sites for hydroxylation is 2. The molecule has 1 saturated heterocycles. The van der Waals surface area contributed by atoms with Crippen LogP contribution in [0.2, 0.25) is 0 Å². The van der Waals surface area contributed by atoms with Gasteiger partial charge in [-0.2, -0.15) is 0 Å². The average molecular weight is 538 g/mol. The molecule has 0 N–H and O–H groups in total. The summed E-state index contributed by atoms with van der Waals surface area (Å²) in [5.41, 5.74) is 3.28. The van der Waals surface area contributed by atoms with Crippen LogP contribution in [0.5, 0.6) is 0 Å². The highest BCUT2D eigenvalue weighted by Gasteiger charge is 2.47. The number of pyridine rings is 1. The van der Waals surface area contributed by atoms with Gasteiger partial charge in [-0.1, -0.05) is 27.6 Å². The highest BCUT2D eigenvalue weighted by Crippen LogP contribution is 2.43. The molecule has 1 aromatic heterocycles. The SMILES string of the molecule is C/C(=C\c1c(Br)ccnc1C)C(C)N1CCC(c2c(C)cc(C(=O)N(C)C)cc2F)C(F)(F)C1. The third-order valence-corrected chi connectivity index (χ3v) is 7.37. The van der Waals surface area contributed by atoms with E-state index in [9.17, 15) is 4.79 Å². The summed E-state index contributed by atoms with van der Waals surface area (Å²) in [6.07, 6.45) is 3.81. The quantitative estimate of drug-likeness (QED) is 0.454. The number of rotatable bonds is 5. The monoisotopic (exact) mass is 537 g/mol. The first-order valence-corrected chi connectivity index (χ1v) is 12.1. The number of carbonyl (C=O) groups is 1. The van der Waals surface area contributed by atoms with Gasteiger partial charge in [0.15, 0.2) is 0 Å². The van der Waals surface area contributed by atoms with Crippen LogP contribution in [0.15, 0.2) is 34.4 Å². The van der Waals surface area contributed by atoms with E-state index >= 15 is 13.2 Å². The molecule has 1 fully saturated rings. The molecule has 0 spiro atoms. The number of likely N-dealkylation sites (tertiary alicyclic amines) is 1. The van der Waals surface area contributed by atoms with Crippen molar-refractivity contribution in [3.63, 3.8) is 0 Å². The largest absolute Gasteiger partial charge is 0.345 e. The van der Waals surface area contributed by atoms with Gasteiger partial charge in [0.2, 0.25) is 0 Å². The normalized spacial score (nSPS) is 19.7. The minimum absolute atomic E-state index is 0.00906. The molecule has 2 heterocycles. The Kier molecular flexibility index (Phi) is 7.92. The molecule has 1 amide bonds. The van der Waals surface area contributed by atoms with Crippen molar-refractivity contribution in [2.24, 2.45) is 0 Å². The third-order valence-electron chi connectivity index (χ3n) is 6.68. The number of benzene rings is 1. The van der Waals surface area contributed by atoms with Crippen molar-refractivity contribution in [2.75, 3.05) is 27.2 Å². The second-order valence-electron chi connectivity index (χ2n) is 9.32. The lowest BCUT2D eigenvalue weighted by atomic mass is 9.82. The van der Waals surface area contributed by atoms with Crippen LogP contribution >= 0.6 is 15.9 Å². The van der Waals surface area contributed by atoms with E-state index in [1.54, 1.807) is 32.1 Å². The fraction of sp³-hybridized carbons (Fsp3) is 0.462. The molecule has 1 aliphatic rings. The summed E-state index contributed by atoms with van der Waals surface area (Å²) in [6.45, 7) is 7.29. The van der Waals surface area contributed by atoms with Crippen LogP contribution in [0, 0.1) is 19.7 Å². The summed E-state index contributed by atoms with van der Waals surface area (Å²) < 4.78 is 46.7. The molecule has 34 heavy (non-hydrogen) atoms. The minimum atomic E-state index is -3.11. The van der Waals surface area contributed by atoms with Crippen molar-refractivity contribution >= 4 is 27.9 Å². The molecule has 8 heteroatoms. The Morgan fingerprint density at radius 3 is 2.56 bits per heavy atom. The molecule has 184 valence electrons. The van der Waals surface area contributed by atoms with Crippen LogP contribution in [0.1, 0.15) is 58.9 Å². The Bertz CT molecular complexity index is 1070. The van der Waals surface area contributed by atoms with Crippen LogP contribution in [0.25, 0.3) is 6.08 Å². The molecule has 4 nitrogen and oxygen atoms in total.